The Labute approximate surface area is 98.8 Å². The van der Waals surface area contributed by atoms with Crippen LogP contribution in [0.2, 0.25) is 0 Å². The van der Waals surface area contributed by atoms with E-state index >= 15 is 0 Å². The highest BCUT2D eigenvalue weighted by Gasteiger charge is 1.96. The maximum Gasteiger partial charge on any atom is 0.213 e. The van der Waals surface area contributed by atoms with Crippen LogP contribution in [0.15, 0.2) is 48.7 Å². The number of pyridine rings is 1. The molecular weight excluding hydrogens is 221 g/mol. The molecule has 0 aliphatic carbocycles. The van der Waals surface area contributed by atoms with Crippen LogP contribution in [0.1, 0.15) is 0 Å². The highest BCUT2D eigenvalue weighted by atomic mass is 19.1. The third-order valence-corrected chi connectivity index (χ3v) is 2.05. The zero-order valence-corrected chi connectivity index (χ0v) is 9.17. The van der Waals surface area contributed by atoms with Crippen LogP contribution in [0.4, 0.5) is 4.39 Å². The van der Waals surface area contributed by atoms with Crippen LogP contribution >= 0.6 is 0 Å². The summed E-state index contributed by atoms with van der Waals surface area (Å²) in [6.45, 7) is 0.788. The van der Waals surface area contributed by atoms with E-state index in [2.05, 4.69) is 4.98 Å². The van der Waals surface area contributed by atoms with Crippen molar-refractivity contribution < 1.29 is 13.9 Å². The Morgan fingerprint density at radius 2 is 1.71 bits per heavy atom. The van der Waals surface area contributed by atoms with Crippen molar-refractivity contribution >= 4 is 0 Å². The van der Waals surface area contributed by atoms with Crippen molar-refractivity contribution in [3.05, 3.63) is 54.5 Å². The van der Waals surface area contributed by atoms with Gasteiger partial charge in [0.15, 0.2) is 0 Å². The lowest BCUT2D eigenvalue weighted by atomic mass is 10.3. The van der Waals surface area contributed by atoms with Gasteiger partial charge in [-0.25, -0.2) is 9.37 Å². The van der Waals surface area contributed by atoms with Gasteiger partial charge < -0.3 is 9.47 Å². The van der Waals surface area contributed by atoms with Crippen molar-refractivity contribution in [3.63, 3.8) is 0 Å². The standard InChI is InChI=1S/C13H12FNO2/c14-11-4-6-12(7-5-11)16-9-10-17-13-3-1-2-8-15-13/h1-8H,9-10H2. The number of ether oxygens (including phenoxy) is 2. The van der Waals surface area contributed by atoms with Crippen molar-refractivity contribution in [2.45, 2.75) is 0 Å². The van der Waals surface area contributed by atoms with E-state index in [0.29, 0.717) is 24.8 Å². The number of aromatic nitrogens is 1. The fraction of sp³-hybridized carbons (Fsp3) is 0.154. The first kappa shape index (κ1) is 11.4. The molecule has 0 spiro atoms. The van der Waals surface area contributed by atoms with Gasteiger partial charge in [-0.3, -0.25) is 0 Å². The number of hydrogen-bond donors (Lipinski definition) is 0. The van der Waals surface area contributed by atoms with Crippen molar-refractivity contribution in [2.75, 3.05) is 13.2 Å². The molecule has 4 heteroatoms. The van der Waals surface area contributed by atoms with Crippen molar-refractivity contribution in [3.8, 4) is 11.6 Å². The quantitative estimate of drug-likeness (QED) is 0.744. The first-order valence-electron chi connectivity index (χ1n) is 5.27. The van der Waals surface area contributed by atoms with Gasteiger partial charge in [-0.1, -0.05) is 6.07 Å². The minimum atomic E-state index is -0.276. The Morgan fingerprint density at radius 3 is 2.41 bits per heavy atom. The van der Waals surface area contributed by atoms with E-state index < -0.39 is 0 Å². The minimum absolute atomic E-state index is 0.276. The van der Waals surface area contributed by atoms with Crippen molar-refractivity contribution in [2.24, 2.45) is 0 Å². The maximum atomic E-state index is 12.6. The van der Waals surface area contributed by atoms with Gasteiger partial charge in [-0.15, -0.1) is 0 Å². The van der Waals surface area contributed by atoms with E-state index in [0.717, 1.165) is 0 Å². The molecule has 1 heterocycles. The van der Waals surface area contributed by atoms with Gasteiger partial charge in [-0.2, -0.15) is 0 Å². The largest absolute Gasteiger partial charge is 0.490 e. The predicted molar refractivity (Wildman–Crippen MR) is 61.6 cm³/mol. The van der Waals surface area contributed by atoms with E-state index in [9.17, 15) is 4.39 Å². The second-order valence-corrected chi connectivity index (χ2v) is 3.32. The highest BCUT2D eigenvalue weighted by molar-refractivity contribution is 5.22. The minimum Gasteiger partial charge on any atom is -0.490 e. The zero-order chi connectivity index (χ0) is 11.9. The van der Waals surface area contributed by atoms with Crippen LogP contribution in [0.3, 0.4) is 0 Å². The Hall–Kier alpha value is -2.10. The molecule has 0 atom stereocenters. The summed E-state index contributed by atoms with van der Waals surface area (Å²) in [5.41, 5.74) is 0. The number of benzene rings is 1. The van der Waals surface area contributed by atoms with Crippen LogP contribution in [-0.2, 0) is 0 Å². The molecule has 3 nitrogen and oxygen atoms in total. The molecule has 0 N–H and O–H groups in total. The summed E-state index contributed by atoms with van der Waals surface area (Å²) in [7, 11) is 0. The number of hydrogen-bond acceptors (Lipinski definition) is 3. The van der Waals surface area contributed by atoms with E-state index in [1.54, 1.807) is 24.4 Å². The van der Waals surface area contributed by atoms with Gasteiger partial charge in [0.05, 0.1) is 0 Å². The summed E-state index contributed by atoms with van der Waals surface area (Å²) >= 11 is 0. The number of rotatable bonds is 5. The van der Waals surface area contributed by atoms with E-state index in [4.69, 9.17) is 9.47 Å². The smallest absolute Gasteiger partial charge is 0.213 e. The molecule has 0 aliphatic rings. The van der Waals surface area contributed by atoms with Gasteiger partial charge in [0, 0.05) is 12.3 Å². The topological polar surface area (TPSA) is 31.4 Å². The van der Waals surface area contributed by atoms with E-state index in [-0.39, 0.29) is 5.82 Å². The van der Waals surface area contributed by atoms with Crippen molar-refractivity contribution in [1.82, 2.24) is 4.98 Å². The van der Waals surface area contributed by atoms with Crippen LogP contribution < -0.4 is 9.47 Å². The molecule has 2 rings (SSSR count). The first-order chi connectivity index (χ1) is 8.34. The molecule has 1 aromatic carbocycles. The molecule has 0 radical (unpaired) electrons. The zero-order valence-electron chi connectivity index (χ0n) is 9.17. The average Bonchev–Trinajstić information content (AvgIpc) is 2.38. The number of nitrogens with zero attached hydrogens (tertiary/aromatic N) is 1. The summed E-state index contributed by atoms with van der Waals surface area (Å²) in [6, 6.07) is 11.3. The Bertz CT molecular complexity index is 445. The Kier molecular flexibility index (Phi) is 3.91. The summed E-state index contributed by atoms with van der Waals surface area (Å²) in [6.07, 6.45) is 1.66. The van der Waals surface area contributed by atoms with Crippen LogP contribution in [0, 0.1) is 5.82 Å². The van der Waals surface area contributed by atoms with Crippen molar-refractivity contribution in [1.29, 1.82) is 0 Å². The third-order valence-electron chi connectivity index (χ3n) is 2.05. The summed E-state index contributed by atoms with van der Waals surface area (Å²) in [5.74, 6) is 0.910. The normalized spacial score (nSPS) is 9.94. The molecule has 17 heavy (non-hydrogen) atoms. The molecular formula is C13H12FNO2. The van der Waals surface area contributed by atoms with Gasteiger partial charge in [0.2, 0.25) is 5.88 Å². The fourth-order valence-electron chi connectivity index (χ4n) is 1.27. The molecule has 1 aromatic heterocycles. The lowest BCUT2D eigenvalue weighted by molar-refractivity contribution is 0.212. The van der Waals surface area contributed by atoms with E-state index in [1.807, 2.05) is 12.1 Å². The predicted octanol–water partition coefficient (Wildman–Crippen LogP) is 2.68. The van der Waals surface area contributed by atoms with Crippen LogP contribution in [0.5, 0.6) is 11.6 Å². The van der Waals surface area contributed by atoms with Gasteiger partial charge >= 0.3 is 0 Å². The SMILES string of the molecule is Fc1ccc(OCCOc2ccccn2)cc1. The van der Waals surface area contributed by atoms with Gasteiger partial charge in [0.25, 0.3) is 0 Å². The molecule has 88 valence electrons. The Balaban J connectivity index is 1.71. The fourth-order valence-corrected chi connectivity index (χ4v) is 1.27. The van der Waals surface area contributed by atoms with Crippen LogP contribution in [-0.4, -0.2) is 18.2 Å². The second-order valence-electron chi connectivity index (χ2n) is 3.32. The molecule has 0 amide bonds. The third kappa shape index (κ3) is 3.75. The molecule has 0 aliphatic heterocycles. The molecule has 0 saturated carbocycles. The summed E-state index contributed by atoms with van der Waals surface area (Å²) in [5, 5.41) is 0. The first-order valence-corrected chi connectivity index (χ1v) is 5.27. The Morgan fingerprint density at radius 1 is 0.941 bits per heavy atom. The molecule has 0 saturated heterocycles. The van der Waals surface area contributed by atoms with E-state index in [1.165, 1.54) is 12.1 Å². The highest BCUT2D eigenvalue weighted by Crippen LogP contribution is 2.11. The molecule has 0 unspecified atom stereocenters. The summed E-state index contributed by atoms with van der Waals surface area (Å²) < 4.78 is 23.3. The lowest BCUT2D eigenvalue weighted by Crippen LogP contribution is -2.09. The molecule has 0 fully saturated rings. The second kappa shape index (κ2) is 5.84. The molecule has 0 bridgehead atoms. The monoisotopic (exact) mass is 233 g/mol. The van der Waals surface area contributed by atoms with Crippen LogP contribution in [0.25, 0.3) is 0 Å². The lowest BCUT2D eigenvalue weighted by Gasteiger charge is -2.07. The number of halogens is 1. The average molecular weight is 233 g/mol. The molecule has 2 aromatic rings. The van der Waals surface area contributed by atoms with Gasteiger partial charge in [0.1, 0.15) is 24.8 Å². The van der Waals surface area contributed by atoms with Gasteiger partial charge in [-0.05, 0) is 30.3 Å². The maximum absolute atomic E-state index is 12.6. The summed E-state index contributed by atoms with van der Waals surface area (Å²) in [4.78, 5) is 4.01.